The summed E-state index contributed by atoms with van der Waals surface area (Å²) in [5.41, 5.74) is 3.59. The molecular formula is C25H29N5O2. The number of hydrogen-bond donors (Lipinski definition) is 1. The monoisotopic (exact) mass is 431 g/mol. The second kappa shape index (κ2) is 8.73. The molecule has 2 fully saturated rings. The minimum Gasteiger partial charge on any atom is -0.342 e. The van der Waals surface area contributed by atoms with Gasteiger partial charge in [-0.1, -0.05) is 17.7 Å². The van der Waals surface area contributed by atoms with E-state index in [4.69, 9.17) is 0 Å². The molecule has 2 aromatic heterocycles. The van der Waals surface area contributed by atoms with Gasteiger partial charge in [0.25, 0.3) is 5.91 Å². The summed E-state index contributed by atoms with van der Waals surface area (Å²) < 4.78 is 0. The van der Waals surface area contributed by atoms with Crippen molar-refractivity contribution in [1.29, 1.82) is 0 Å². The van der Waals surface area contributed by atoms with Crippen LogP contribution in [0, 0.1) is 12.8 Å². The van der Waals surface area contributed by atoms with Crippen LogP contribution in [0.4, 0.5) is 0 Å². The van der Waals surface area contributed by atoms with Gasteiger partial charge in [-0.3, -0.25) is 9.59 Å². The van der Waals surface area contributed by atoms with Crippen LogP contribution in [-0.4, -0.2) is 62.7 Å². The Morgan fingerprint density at radius 3 is 2.31 bits per heavy atom. The number of aromatic amines is 1. The molecule has 5 rings (SSSR count). The number of imidazole rings is 1. The van der Waals surface area contributed by atoms with Crippen molar-refractivity contribution in [3.63, 3.8) is 0 Å². The quantitative estimate of drug-likeness (QED) is 0.688. The molecule has 0 aliphatic carbocycles. The molecule has 2 aliphatic rings. The fraction of sp³-hybridized carbons (Fsp3) is 0.440. The number of benzene rings is 1. The lowest BCUT2D eigenvalue weighted by Crippen LogP contribution is -2.46. The van der Waals surface area contributed by atoms with Crippen molar-refractivity contribution in [2.24, 2.45) is 5.92 Å². The zero-order valence-corrected chi connectivity index (χ0v) is 18.5. The number of rotatable bonds is 3. The van der Waals surface area contributed by atoms with E-state index < -0.39 is 0 Å². The molecule has 2 saturated heterocycles. The highest BCUT2D eigenvalue weighted by Crippen LogP contribution is 2.29. The highest BCUT2D eigenvalue weighted by molar-refractivity contribution is 5.94. The third kappa shape index (κ3) is 4.11. The van der Waals surface area contributed by atoms with Gasteiger partial charge >= 0.3 is 0 Å². The van der Waals surface area contributed by atoms with Crippen LogP contribution in [0.3, 0.4) is 0 Å². The molecule has 0 unspecified atom stereocenters. The standard InChI is InChI=1S/C25H29N5O2/c1-17-4-6-19(7-5-17)24(31)30-15-10-20(11-16-30)25(32)29-13-8-18(9-14-29)22-27-21-3-2-12-26-23(21)28-22/h2-7,12,18,20H,8-11,13-16H2,1H3,(H,26,27,28). The molecule has 32 heavy (non-hydrogen) atoms. The fourth-order valence-electron chi connectivity index (χ4n) is 4.90. The van der Waals surface area contributed by atoms with Crippen LogP contribution < -0.4 is 0 Å². The Balaban J connectivity index is 1.13. The molecule has 1 N–H and O–H groups in total. The molecule has 0 atom stereocenters. The topological polar surface area (TPSA) is 82.2 Å². The van der Waals surface area contributed by atoms with Crippen molar-refractivity contribution < 1.29 is 9.59 Å². The number of piperidine rings is 2. The van der Waals surface area contributed by atoms with Gasteiger partial charge in [0.1, 0.15) is 5.82 Å². The van der Waals surface area contributed by atoms with Crippen molar-refractivity contribution >= 4 is 23.0 Å². The van der Waals surface area contributed by atoms with Gasteiger partial charge in [-0.15, -0.1) is 0 Å². The van der Waals surface area contributed by atoms with Gasteiger partial charge in [0.15, 0.2) is 5.65 Å². The van der Waals surface area contributed by atoms with Gasteiger partial charge in [-0.2, -0.15) is 0 Å². The van der Waals surface area contributed by atoms with E-state index in [1.807, 2.05) is 53.1 Å². The Bertz CT molecular complexity index is 1070. The van der Waals surface area contributed by atoms with Gasteiger partial charge in [0, 0.05) is 49.8 Å². The van der Waals surface area contributed by atoms with Gasteiger partial charge in [-0.05, 0) is 56.9 Å². The lowest BCUT2D eigenvalue weighted by Gasteiger charge is -2.37. The fourth-order valence-corrected chi connectivity index (χ4v) is 4.90. The lowest BCUT2D eigenvalue weighted by atomic mass is 9.91. The van der Waals surface area contributed by atoms with Crippen LogP contribution in [0.1, 0.15) is 53.3 Å². The zero-order valence-electron chi connectivity index (χ0n) is 18.5. The summed E-state index contributed by atoms with van der Waals surface area (Å²) in [6.07, 6.45) is 5.07. The zero-order chi connectivity index (χ0) is 22.1. The number of nitrogens with one attached hydrogen (secondary N) is 1. The van der Waals surface area contributed by atoms with Crippen LogP contribution in [0.25, 0.3) is 11.2 Å². The number of pyridine rings is 1. The highest BCUT2D eigenvalue weighted by atomic mass is 16.2. The molecule has 166 valence electrons. The number of carbonyl (C=O) groups is 2. The van der Waals surface area contributed by atoms with E-state index in [-0.39, 0.29) is 17.7 Å². The van der Waals surface area contributed by atoms with Crippen LogP contribution >= 0.6 is 0 Å². The molecule has 0 radical (unpaired) electrons. The maximum absolute atomic E-state index is 13.1. The Kier molecular flexibility index (Phi) is 5.64. The number of hydrogen-bond acceptors (Lipinski definition) is 4. The third-order valence-corrected chi connectivity index (χ3v) is 6.90. The second-order valence-electron chi connectivity index (χ2n) is 9.03. The number of fused-ring (bicyclic) bond motifs is 1. The van der Waals surface area contributed by atoms with Crippen molar-refractivity contribution in [2.45, 2.75) is 38.5 Å². The highest BCUT2D eigenvalue weighted by Gasteiger charge is 2.33. The molecule has 4 heterocycles. The van der Waals surface area contributed by atoms with E-state index in [2.05, 4.69) is 15.0 Å². The van der Waals surface area contributed by atoms with E-state index in [0.29, 0.717) is 19.0 Å². The number of carbonyl (C=O) groups excluding carboxylic acids is 2. The van der Waals surface area contributed by atoms with Crippen molar-refractivity contribution in [2.75, 3.05) is 26.2 Å². The summed E-state index contributed by atoms with van der Waals surface area (Å²) in [5.74, 6) is 1.65. The van der Waals surface area contributed by atoms with E-state index in [9.17, 15) is 9.59 Å². The normalized spacial score (nSPS) is 18.3. The predicted molar refractivity (Wildman–Crippen MR) is 122 cm³/mol. The number of H-pyrrole nitrogens is 1. The van der Waals surface area contributed by atoms with Crippen LogP contribution in [0.5, 0.6) is 0 Å². The van der Waals surface area contributed by atoms with E-state index in [1.165, 1.54) is 0 Å². The number of nitrogens with zero attached hydrogens (tertiary/aromatic N) is 4. The Morgan fingerprint density at radius 1 is 0.938 bits per heavy atom. The minimum absolute atomic E-state index is 0.0176. The van der Waals surface area contributed by atoms with E-state index >= 15 is 0 Å². The Hall–Kier alpha value is -3.22. The number of amides is 2. The smallest absolute Gasteiger partial charge is 0.253 e. The molecular weight excluding hydrogens is 402 g/mol. The van der Waals surface area contributed by atoms with Gasteiger partial charge in [0.05, 0.1) is 5.52 Å². The van der Waals surface area contributed by atoms with Crippen LogP contribution in [0.2, 0.25) is 0 Å². The summed E-state index contributed by atoms with van der Waals surface area (Å²) in [4.78, 5) is 42.1. The first-order valence-corrected chi connectivity index (χ1v) is 11.5. The van der Waals surface area contributed by atoms with Crippen molar-refractivity contribution in [3.05, 3.63) is 59.5 Å². The first-order chi connectivity index (χ1) is 15.6. The predicted octanol–water partition coefficient (Wildman–Crippen LogP) is 3.52. The summed E-state index contributed by atoms with van der Waals surface area (Å²) in [6.45, 7) is 4.83. The molecule has 2 aliphatic heterocycles. The summed E-state index contributed by atoms with van der Waals surface area (Å²) in [6, 6.07) is 11.6. The lowest BCUT2D eigenvalue weighted by molar-refractivity contribution is -0.138. The first kappa shape index (κ1) is 20.7. The van der Waals surface area contributed by atoms with Gasteiger partial charge in [0.2, 0.25) is 5.91 Å². The number of likely N-dealkylation sites (tertiary alicyclic amines) is 2. The van der Waals surface area contributed by atoms with E-state index in [0.717, 1.165) is 66.9 Å². The summed E-state index contributed by atoms with van der Waals surface area (Å²) in [5, 5.41) is 0. The Morgan fingerprint density at radius 2 is 1.62 bits per heavy atom. The minimum atomic E-state index is 0.0176. The van der Waals surface area contributed by atoms with Crippen LogP contribution in [0.15, 0.2) is 42.6 Å². The van der Waals surface area contributed by atoms with Gasteiger partial charge < -0.3 is 14.8 Å². The molecule has 7 heteroatoms. The molecule has 0 spiro atoms. The molecule has 1 aromatic carbocycles. The largest absolute Gasteiger partial charge is 0.342 e. The second-order valence-corrected chi connectivity index (χ2v) is 9.03. The number of aryl methyl sites for hydroxylation is 1. The molecule has 0 bridgehead atoms. The maximum atomic E-state index is 13.1. The maximum Gasteiger partial charge on any atom is 0.253 e. The Labute approximate surface area is 187 Å². The summed E-state index contributed by atoms with van der Waals surface area (Å²) >= 11 is 0. The summed E-state index contributed by atoms with van der Waals surface area (Å²) in [7, 11) is 0. The first-order valence-electron chi connectivity index (χ1n) is 11.5. The van der Waals surface area contributed by atoms with E-state index in [1.54, 1.807) is 6.20 Å². The molecule has 0 saturated carbocycles. The van der Waals surface area contributed by atoms with Gasteiger partial charge in [-0.25, -0.2) is 9.97 Å². The van der Waals surface area contributed by atoms with Crippen molar-refractivity contribution in [3.8, 4) is 0 Å². The SMILES string of the molecule is Cc1ccc(C(=O)N2CCC(C(=O)N3CCC(c4nc5ncccc5[nH]4)CC3)CC2)cc1. The molecule has 3 aromatic rings. The average Bonchev–Trinajstić information content (AvgIpc) is 3.28. The average molecular weight is 432 g/mol. The van der Waals surface area contributed by atoms with Crippen LogP contribution in [-0.2, 0) is 4.79 Å². The number of aromatic nitrogens is 3. The third-order valence-electron chi connectivity index (χ3n) is 6.90. The molecule has 2 amide bonds. The molecule has 7 nitrogen and oxygen atoms in total. The van der Waals surface area contributed by atoms with Crippen molar-refractivity contribution in [1.82, 2.24) is 24.8 Å².